The maximum Gasteiger partial charge on any atom is 0.410 e. The zero-order chi connectivity index (χ0) is 25.5. The number of hydrogen-bond acceptors (Lipinski definition) is 6. The summed E-state index contributed by atoms with van der Waals surface area (Å²) in [6.07, 6.45) is 2.48. The average Bonchev–Trinajstić information content (AvgIpc) is 2.79. The Labute approximate surface area is 205 Å². The van der Waals surface area contributed by atoms with Gasteiger partial charge in [-0.3, -0.25) is 0 Å². The van der Waals surface area contributed by atoms with Gasteiger partial charge in [0, 0.05) is 38.2 Å². The van der Waals surface area contributed by atoms with Gasteiger partial charge in [0.15, 0.2) is 11.6 Å². The molecule has 0 spiro atoms. The van der Waals surface area contributed by atoms with Crippen LogP contribution in [0.4, 0.5) is 13.6 Å². The molecule has 9 heteroatoms. The van der Waals surface area contributed by atoms with Crippen LogP contribution in [0.3, 0.4) is 0 Å². The number of halogens is 2. The van der Waals surface area contributed by atoms with Crippen LogP contribution < -0.4 is 9.47 Å². The number of pyridine rings is 1. The molecule has 0 radical (unpaired) electrons. The lowest BCUT2D eigenvalue weighted by Gasteiger charge is -2.32. The molecule has 0 bridgehead atoms. The van der Waals surface area contributed by atoms with Crippen LogP contribution in [0.1, 0.15) is 51.7 Å². The van der Waals surface area contributed by atoms with Crippen molar-refractivity contribution in [2.45, 2.75) is 72.2 Å². The van der Waals surface area contributed by atoms with Gasteiger partial charge < -0.3 is 23.8 Å². The van der Waals surface area contributed by atoms with E-state index in [-0.39, 0.29) is 48.0 Å². The standard InChI is InChI=1S/C26H34F2N2O5/c1-16(2)32-13-9-19-14-22(28)24(15-21(19)27)35-25-18(5)23(6-10-29-25)34-20-7-11-30(12-8-20)26(31)33-17(3)4/h6,10,14-17,20H,7-9,11-13H2,1-5H3. The lowest BCUT2D eigenvalue weighted by atomic mass is 10.1. The van der Waals surface area contributed by atoms with Crippen LogP contribution in [0, 0.1) is 18.6 Å². The molecule has 0 saturated carbocycles. The number of amides is 1. The van der Waals surface area contributed by atoms with E-state index in [0.29, 0.717) is 43.9 Å². The molecule has 35 heavy (non-hydrogen) atoms. The van der Waals surface area contributed by atoms with Gasteiger partial charge in [-0.1, -0.05) is 0 Å². The van der Waals surface area contributed by atoms with Gasteiger partial charge >= 0.3 is 6.09 Å². The van der Waals surface area contributed by atoms with Crippen molar-refractivity contribution < 1.29 is 32.5 Å². The molecule has 0 atom stereocenters. The third-order valence-corrected chi connectivity index (χ3v) is 5.57. The highest BCUT2D eigenvalue weighted by Crippen LogP contribution is 2.33. The molecule has 1 saturated heterocycles. The van der Waals surface area contributed by atoms with E-state index in [2.05, 4.69) is 4.98 Å². The molecule has 192 valence electrons. The molecule has 1 aromatic heterocycles. The van der Waals surface area contributed by atoms with Gasteiger partial charge in [0.05, 0.1) is 24.4 Å². The first-order valence-corrected chi connectivity index (χ1v) is 12.0. The molecule has 0 unspecified atom stereocenters. The average molecular weight is 493 g/mol. The van der Waals surface area contributed by atoms with Crippen LogP contribution in [0.5, 0.6) is 17.4 Å². The molecule has 0 N–H and O–H groups in total. The van der Waals surface area contributed by atoms with Crippen molar-refractivity contribution in [1.82, 2.24) is 9.88 Å². The normalized spacial score (nSPS) is 14.5. The summed E-state index contributed by atoms with van der Waals surface area (Å²) in [6, 6.07) is 3.86. The van der Waals surface area contributed by atoms with E-state index in [9.17, 15) is 13.6 Å². The number of nitrogens with zero attached hydrogens (tertiary/aromatic N) is 2. The minimum absolute atomic E-state index is 0.0167. The summed E-state index contributed by atoms with van der Waals surface area (Å²) in [6.45, 7) is 10.5. The topological polar surface area (TPSA) is 70.1 Å². The highest BCUT2D eigenvalue weighted by atomic mass is 19.1. The van der Waals surface area contributed by atoms with Crippen molar-refractivity contribution in [3.8, 4) is 17.4 Å². The maximum absolute atomic E-state index is 14.7. The Morgan fingerprint density at radius 3 is 2.46 bits per heavy atom. The number of benzene rings is 1. The molecule has 1 aliphatic rings. The second-order valence-corrected chi connectivity index (χ2v) is 9.12. The molecule has 3 rings (SSSR count). The third kappa shape index (κ3) is 7.52. The minimum atomic E-state index is -0.681. The van der Waals surface area contributed by atoms with Crippen LogP contribution in [-0.4, -0.2) is 54.0 Å². The molecule has 1 amide bonds. The number of ether oxygens (including phenoxy) is 4. The van der Waals surface area contributed by atoms with Crippen LogP contribution in [0.2, 0.25) is 0 Å². The van der Waals surface area contributed by atoms with E-state index >= 15 is 0 Å². The summed E-state index contributed by atoms with van der Waals surface area (Å²) in [7, 11) is 0. The molecule has 2 aromatic rings. The molecule has 0 aliphatic carbocycles. The second-order valence-electron chi connectivity index (χ2n) is 9.12. The van der Waals surface area contributed by atoms with Gasteiger partial charge in [0.2, 0.25) is 5.88 Å². The fraction of sp³-hybridized carbons (Fsp3) is 0.538. The Hall–Kier alpha value is -2.94. The van der Waals surface area contributed by atoms with E-state index in [0.717, 1.165) is 12.1 Å². The first-order valence-electron chi connectivity index (χ1n) is 12.0. The second kappa shape index (κ2) is 12.2. The molecule has 1 aliphatic heterocycles. The van der Waals surface area contributed by atoms with E-state index < -0.39 is 11.6 Å². The van der Waals surface area contributed by atoms with Crippen molar-refractivity contribution in [2.24, 2.45) is 0 Å². The van der Waals surface area contributed by atoms with E-state index in [1.165, 1.54) is 6.20 Å². The number of likely N-dealkylation sites (tertiary alicyclic amines) is 1. The monoisotopic (exact) mass is 492 g/mol. The highest BCUT2D eigenvalue weighted by molar-refractivity contribution is 5.67. The van der Waals surface area contributed by atoms with Crippen LogP contribution >= 0.6 is 0 Å². The maximum atomic E-state index is 14.7. The van der Waals surface area contributed by atoms with Gasteiger partial charge in [-0.05, 0) is 58.7 Å². The van der Waals surface area contributed by atoms with Gasteiger partial charge in [-0.2, -0.15) is 0 Å². The van der Waals surface area contributed by atoms with Crippen LogP contribution in [0.15, 0.2) is 24.4 Å². The number of aromatic nitrogens is 1. The van der Waals surface area contributed by atoms with E-state index in [4.69, 9.17) is 18.9 Å². The van der Waals surface area contributed by atoms with E-state index in [1.54, 1.807) is 17.9 Å². The van der Waals surface area contributed by atoms with Gasteiger partial charge in [-0.25, -0.2) is 18.6 Å². The van der Waals surface area contributed by atoms with Crippen molar-refractivity contribution in [1.29, 1.82) is 0 Å². The van der Waals surface area contributed by atoms with Gasteiger partial charge in [-0.15, -0.1) is 0 Å². The predicted octanol–water partition coefficient (Wildman–Crippen LogP) is 5.82. The summed E-state index contributed by atoms with van der Waals surface area (Å²) in [5.74, 6) is -0.822. The number of carbonyl (C=O) groups excluding carboxylic acids is 1. The molecule has 1 fully saturated rings. The first kappa shape index (κ1) is 26.7. The summed E-state index contributed by atoms with van der Waals surface area (Å²) in [5.41, 5.74) is 0.796. The number of carbonyl (C=O) groups is 1. The number of hydrogen-bond donors (Lipinski definition) is 0. The molecule has 1 aromatic carbocycles. The quantitative estimate of drug-likeness (QED) is 0.440. The first-order chi connectivity index (χ1) is 16.6. The van der Waals surface area contributed by atoms with Gasteiger partial charge in [0.1, 0.15) is 17.7 Å². The predicted molar refractivity (Wildman–Crippen MR) is 127 cm³/mol. The summed E-state index contributed by atoms with van der Waals surface area (Å²) in [4.78, 5) is 17.9. The smallest absolute Gasteiger partial charge is 0.410 e. The number of rotatable bonds is 9. The summed E-state index contributed by atoms with van der Waals surface area (Å²) < 4.78 is 51.6. The lowest BCUT2D eigenvalue weighted by molar-refractivity contribution is 0.0515. The molecule has 2 heterocycles. The molecular formula is C26H34F2N2O5. The largest absolute Gasteiger partial charge is 0.490 e. The summed E-state index contributed by atoms with van der Waals surface area (Å²) >= 11 is 0. The Bertz CT molecular complexity index is 1010. The Balaban J connectivity index is 1.63. The third-order valence-electron chi connectivity index (χ3n) is 5.57. The SMILES string of the molecule is Cc1c(OC2CCN(C(=O)OC(C)C)CC2)ccnc1Oc1cc(F)c(CCOC(C)C)cc1F. The Morgan fingerprint density at radius 2 is 1.80 bits per heavy atom. The van der Waals surface area contributed by atoms with Crippen LogP contribution in [-0.2, 0) is 15.9 Å². The molecule has 7 nitrogen and oxygen atoms in total. The molecular weight excluding hydrogens is 458 g/mol. The Kier molecular flexibility index (Phi) is 9.26. The Morgan fingerprint density at radius 1 is 1.09 bits per heavy atom. The summed E-state index contributed by atoms with van der Waals surface area (Å²) in [5, 5.41) is 0. The fourth-order valence-corrected chi connectivity index (χ4v) is 3.69. The van der Waals surface area contributed by atoms with Crippen molar-refractivity contribution in [3.63, 3.8) is 0 Å². The van der Waals surface area contributed by atoms with Crippen molar-refractivity contribution in [3.05, 3.63) is 47.2 Å². The lowest BCUT2D eigenvalue weighted by Crippen LogP contribution is -2.42. The minimum Gasteiger partial charge on any atom is -0.490 e. The van der Waals surface area contributed by atoms with Crippen LogP contribution in [0.25, 0.3) is 0 Å². The van der Waals surface area contributed by atoms with E-state index in [1.807, 2.05) is 27.7 Å². The fourth-order valence-electron chi connectivity index (χ4n) is 3.69. The highest BCUT2D eigenvalue weighted by Gasteiger charge is 2.26. The van der Waals surface area contributed by atoms with Crippen molar-refractivity contribution in [2.75, 3.05) is 19.7 Å². The van der Waals surface area contributed by atoms with Crippen molar-refractivity contribution >= 4 is 6.09 Å². The number of piperidine rings is 1. The van der Waals surface area contributed by atoms with Gasteiger partial charge in [0.25, 0.3) is 0 Å². The zero-order valence-corrected chi connectivity index (χ0v) is 21.0. The zero-order valence-electron chi connectivity index (χ0n) is 21.0.